The highest BCUT2D eigenvalue weighted by Gasteiger charge is 2.32. The number of ether oxygens (including phenoxy) is 2. The molecule has 2 heterocycles. The summed E-state index contributed by atoms with van der Waals surface area (Å²) in [6.07, 6.45) is 0. The molecule has 4 rings (SSSR count). The van der Waals surface area contributed by atoms with E-state index < -0.39 is 10.0 Å². The highest BCUT2D eigenvalue weighted by molar-refractivity contribution is 7.89. The quantitative estimate of drug-likeness (QED) is 0.553. The zero-order chi connectivity index (χ0) is 24.3. The van der Waals surface area contributed by atoms with Crippen LogP contribution < -0.4 is 10.1 Å². The van der Waals surface area contributed by atoms with Gasteiger partial charge in [-0.3, -0.25) is 9.48 Å². The number of anilines is 1. The van der Waals surface area contributed by atoms with Crippen molar-refractivity contribution in [3.63, 3.8) is 0 Å². The lowest BCUT2D eigenvalue weighted by Crippen LogP contribution is -2.41. The van der Waals surface area contributed by atoms with Gasteiger partial charge in [-0.05, 0) is 43.7 Å². The van der Waals surface area contributed by atoms with Gasteiger partial charge >= 0.3 is 0 Å². The van der Waals surface area contributed by atoms with Gasteiger partial charge in [-0.15, -0.1) is 0 Å². The van der Waals surface area contributed by atoms with Gasteiger partial charge < -0.3 is 14.8 Å². The fourth-order valence-electron chi connectivity index (χ4n) is 3.96. The van der Waals surface area contributed by atoms with Gasteiger partial charge in [-0.25, -0.2) is 8.42 Å². The maximum atomic E-state index is 13.2. The van der Waals surface area contributed by atoms with Gasteiger partial charge in [-0.2, -0.15) is 9.40 Å². The number of hydrogen-bond acceptors (Lipinski definition) is 6. The van der Waals surface area contributed by atoms with Gasteiger partial charge in [0.1, 0.15) is 10.6 Å². The van der Waals surface area contributed by atoms with Gasteiger partial charge in [0.15, 0.2) is 0 Å². The van der Waals surface area contributed by atoms with E-state index in [0.29, 0.717) is 61.2 Å². The first-order chi connectivity index (χ1) is 16.3. The minimum atomic E-state index is -3.64. The lowest BCUT2D eigenvalue weighted by molar-refractivity contribution is 0.0730. The summed E-state index contributed by atoms with van der Waals surface area (Å²) < 4.78 is 39.9. The Morgan fingerprint density at radius 3 is 2.50 bits per heavy atom. The molecule has 1 aliphatic rings. The molecule has 0 unspecified atom stereocenters. The largest absolute Gasteiger partial charge is 0.497 e. The molecule has 1 saturated heterocycles. The van der Waals surface area contributed by atoms with Gasteiger partial charge in [0, 0.05) is 30.4 Å². The number of carbonyl (C=O) groups is 1. The van der Waals surface area contributed by atoms with Crippen LogP contribution in [0.15, 0.2) is 53.4 Å². The minimum Gasteiger partial charge on any atom is -0.497 e. The Hall–Kier alpha value is -3.21. The number of benzene rings is 2. The number of hydrogen-bond donors (Lipinski definition) is 1. The predicted molar refractivity (Wildman–Crippen MR) is 128 cm³/mol. The number of sulfonamides is 1. The molecule has 34 heavy (non-hydrogen) atoms. The zero-order valence-corrected chi connectivity index (χ0v) is 20.3. The summed E-state index contributed by atoms with van der Waals surface area (Å²) in [6, 6.07) is 14.3. The highest BCUT2D eigenvalue weighted by Crippen LogP contribution is 2.25. The van der Waals surface area contributed by atoms with Gasteiger partial charge in [-0.1, -0.05) is 18.2 Å². The fraction of sp³-hybridized carbons (Fsp3) is 0.333. The number of aromatic nitrogens is 2. The molecule has 9 nitrogen and oxygen atoms in total. The van der Waals surface area contributed by atoms with Crippen molar-refractivity contribution in [2.45, 2.75) is 25.3 Å². The van der Waals surface area contributed by atoms with E-state index in [0.717, 1.165) is 5.56 Å². The van der Waals surface area contributed by atoms with Crippen LogP contribution in [-0.2, 0) is 21.3 Å². The van der Waals surface area contributed by atoms with Crippen molar-refractivity contribution >= 4 is 21.6 Å². The van der Waals surface area contributed by atoms with E-state index in [4.69, 9.17) is 9.47 Å². The third kappa shape index (κ3) is 4.98. The van der Waals surface area contributed by atoms with Gasteiger partial charge in [0.2, 0.25) is 10.0 Å². The third-order valence-corrected chi connectivity index (χ3v) is 7.91. The van der Waals surface area contributed by atoms with Crippen molar-refractivity contribution in [1.29, 1.82) is 0 Å². The maximum Gasteiger partial charge on any atom is 0.255 e. The SMILES string of the molecule is COc1cccc(NC(=O)c2ccc(Cn3nc(C)c(S(=O)(=O)N4CCOCC4)c3C)cc2)c1. The van der Waals surface area contributed by atoms with Crippen LogP contribution >= 0.6 is 0 Å². The average Bonchev–Trinajstić information content (AvgIpc) is 3.13. The number of aryl methyl sites for hydroxylation is 1. The number of methoxy groups -OCH3 is 1. The van der Waals surface area contributed by atoms with Gasteiger partial charge in [0.25, 0.3) is 5.91 Å². The molecule has 1 amide bonds. The molecular formula is C24H28N4O5S. The normalized spacial score (nSPS) is 14.7. The minimum absolute atomic E-state index is 0.232. The second-order valence-corrected chi connectivity index (χ2v) is 9.93. The lowest BCUT2D eigenvalue weighted by Gasteiger charge is -2.26. The van der Waals surface area contributed by atoms with Crippen LogP contribution in [0.5, 0.6) is 5.75 Å². The molecule has 180 valence electrons. The number of carbonyl (C=O) groups excluding carboxylic acids is 1. The monoisotopic (exact) mass is 484 g/mol. The van der Waals surface area contributed by atoms with E-state index in [1.807, 2.05) is 12.1 Å². The summed E-state index contributed by atoms with van der Waals surface area (Å²) in [4.78, 5) is 12.8. The van der Waals surface area contributed by atoms with Crippen molar-refractivity contribution in [3.8, 4) is 5.75 Å². The molecule has 3 aromatic rings. The smallest absolute Gasteiger partial charge is 0.255 e. The van der Waals surface area contributed by atoms with Crippen molar-refractivity contribution in [3.05, 3.63) is 71.0 Å². The second kappa shape index (κ2) is 9.96. The molecule has 0 radical (unpaired) electrons. The van der Waals surface area contributed by atoms with Crippen LogP contribution in [0.1, 0.15) is 27.3 Å². The summed E-state index contributed by atoms with van der Waals surface area (Å²) in [5.74, 6) is 0.429. The van der Waals surface area contributed by atoms with Crippen molar-refractivity contribution < 1.29 is 22.7 Å². The molecule has 0 saturated carbocycles. The Morgan fingerprint density at radius 1 is 1.12 bits per heavy atom. The summed E-state index contributed by atoms with van der Waals surface area (Å²) in [5.41, 5.74) is 3.11. The maximum absolute atomic E-state index is 13.2. The standard InChI is InChI=1S/C24H28N4O5S/c1-17-23(34(30,31)27-11-13-33-14-12-27)18(2)28(26-17)16-19-7-9-20(10-8-19)24(29)25-21-5-4-6-22(15-21)32-3/h4-10,15H,11-14,16H2,1-3H3,(H,25,29). The number of nitrogens with one attached hydrogen (secondary N) is 1. The van der Waals surface area contributed by atoms with Gasteiger partial charge in [0.05, 0.1) is 38.3 Å². The van der Waals surface area contributed by atoms with Crippen molar-refractivity contribution in [2.75, 3.05) is 38.7 Å². The molecule has 2 aromatic carbocycles. The van der Waals surface area contributed by atoms with E-state index >= 15 is 0 Å². The Kier molecular flexibility index (Phi) is 7.01. The lowest BCUT2D eigenvalue weighted by atomic mass is 10.1. The first-order valence-corrected chi connectivity index (χ1v) is 12.4. The van der Waals surface area contributed by atoms with E-state index in [2.05, 4.69) is 10.4 Å². The predicted octanol–water partition coefficient (Wildman–Crippen LogP) is 2.83. The van der Waals surface area contributed by atoms with Crippen LogP contribution in [0.3, 0.4) is 0 Å². The van der Waals surface area contributed by atoms with Crippen LogP contribution in [0.25, 0.3) is 0 Å². The summed E-state index contributed by atoms with van der Waals surface area (Å²) in [7, 11) is -2.07. The molecule has 10 heteroatoms. The molecule has 0 bridgehead atoms. The molecular weight excluding hydrogens is 456 g/mol. The Bertz CT molecular complexity index is 1280. The zero-order valence-electron chi connectivity index (χ0n) is 19.4. The number of amides is 1. The third-order valence-electron chi connectivity index (χ3n) is 5.76. The van der Waals surface area contributed by atoms with Crippen LogP contribution in [-0.4, -0.2) is 61.8 Å². The Morgan fingerprint density at radius 2 is 1.82 bits per heavy atom. The topological polar surface area (TPSA) is 103 Å². The summed E-state index contributed by atoms with van der Waals surface area (Å²) in [6.45, 7) is 5.33. The molecule has 1 fully saturated rings. The Balaban J connectivity index is 1.48. The second-order valence-electron chi connectivity index (χ2n) is 8.06. The summed E-state index contributed by atoms with van der Waals surface area (Å²) in [5, 5.41) is 7.34. The Labute approximate surface area is 199 Å². The molecule has 0 atom stereocenters. The van der Waals surface area contributed by atoms with Crippen LogP contribution in [0.4, 0.5) is 5.69 Å². The van der Waals surface area contributed by atoms with Crippen molar-refractivity contribution in [1.82, 2.24) is 14.1 Å². The molecule has 0 aliphatic carbocycles. The number of nitrogens with zero attached hydrogens (tertiary/aromatic N) is 3. The molecule has 1 aromatic heterocycles. The number of morpholine rings is 1. The van der Waals surface area contributed by atoms with E-state index in [-0.39, 0.29) is 10.8 Å². The average molecular weight is 485 g/mol. The number of rotatable bonds is 7. The van der Waals surface area contributed by atoms with E-state index in [1.165, 1.54) is 4.31 Å². The summed E-state index contributed by atoms with van der Waals surface area (Å²) >= 11 is 0. The van der Waals surface area contributed by atoms with E-state index in [1.54, 1.807) is 62.0 Å². The fourth-order valence-corrected chi connectivity index (χ4v) is 5.74. The highest BCUT2D eigenvalue weighted by atomic mass is 32.2. The first kappa shape index (κ1) is 23.9. The molecule has 0 spiro atoms. The molecule has 1 aliphatic heterocycles. The molecule has 1 N–H and O–H groups in total. The van der Waals surface area contributed by atoms with Crippen molar-refractivity contribution in [2.24, 2.45) is 0 Å². The van der Waals surface area contributed by atoms with E-state index in [9.17, 15) is 13.2 Å². The van der Waals surface area contributed by atoms with Crippen LogP contribution in [0.2, 0.25) is 0 Å². The first-order valence-electron chi connectivity index (χ1n) is 11.0. The van der Waals surface area contributed by atoms with Crippen LogP contribution in [0, 0.1) is 13.8 Å².